The predicted molar refractivity (Wildman–Crippen MR) is 111 cm³/mol. The van der Waals surface area contributed by atoms with Crippen LogP contribution in [0, 0.1) is 0 Å². The number of ether oxygens (including phenoxy) is 1. The lowest BCUT2D eigenvalue weighted by Gasteiger charge is -2.33. The first-order valence-electron chi connectivity index (χ1n) is 9.96. The number of nitrogens with zero attached hydrogens (tertiary/aromatic N) is 1. The Kier molecular flexibility index (Phi) is 6.88. The Bertz CT molecular complexity index is 782. The molecule has 0 spiro atoms. The van der Waals surface area contributed by atoms with Crippen molar-refractivity contribution in [3.05, 3.63) is 54.6 Å². The van der Waals surface area contributed by atoms with E-state index in [1.54, 1.807) is 0 Å². The van der Waals surface area contributed by atoms with Gasteiger partial charge in [0.25, 0.3) is 0 Å². The van der Waals surface area contributed by atoms with Crippen LogP contribution in [0.2, 0.25) is 0 Å². The fourth-order valence-electron chi connectivity index (χ4n) is 3.65. The molecule has 27 heavy (non-hydrogen) atoms. The number of nitrogens with one attached hydrogen (secondary N) is 1. The molecule has 0 aromatic heterocycles. The van der Waals surface area contributed by atoms with Crippen LogP contribution >= 0.6 is 0 Å². The van der Waals surface area contributed by atoms with Gasteiger partial charge in [-0.2, -0.15) is 0 Å². The predicted octanol–water partition coefficient (Wildman–Crippen LogP) is 4.16. The molecule has 1 aliphatic heterocycles. The van der Waals surface area contributed by atoms with Crippen molar-refractivity contribution in [1.82, 2.24) is 10.2 Å². The first-order chi connectivity index (χ1) is 13.1. The van der Waals surface area contributed by atoms with E-state index < -0.39 is 0 Å². The summed E-state index contributed by atoms with van der Waals surface area (Å²) in [6.45, 7) is 9.28. The Balaban J connectivity index is 1.40. The van der Waals surface area contributed by atoms with Gasteiger partial charge < -0.3 is 15.0 Å². The Morgan fingerprint density at radius 1 is 1.22 bits per heavy atom. The molecule has 0 aliphatic carbocycles. The van der Waals surface area contributed by atoms with Crippen LogP contribution in [0.15, 0.2) is 54.6 Å². The van der Waals surface area contributed by atoms with Crippen molar-refractivity contribution < 1.29 is 9.53 Å². The quantitative estimate of drug-likeness (QED) is 0.563. The van der Waals surface area contributed by atoms with Crippen molar-refractivity contribution in [2.45, 2.75) is 38.6 Å². The Labute approximate surface area is 162 Å². The van der Waals surface area contributed by atoms with Crippen LogP contribution in [0.1, 0.15) is 32.6 Å². The highest BCUT2D eigenvalue weighted by Crippen LogP contribution is 2.25. The van der Waals surface area contributed by atoms with Crippen molar-refractivity contribution in [3.63, 3.8) is 0 Å². The highest BCUT2D eigenvalue weighted by Gasteiger charge is 2.17. The summed E-state index contributed by atoms with van der Waals surface area (Å²) < 4.78 is 5.85. The second-order valence-corrected chi connectivity index (χ2v) is 7.36. The van der Waals surface area contributed by atoms with Gasteiger partial charge in [-0.15, -0.1) is 0 Å². The van der Waals surface area contributed by atoms with Gasteiger partial charge in [-0.05, 0) is 44.2 Å². The standard InChI is InChI=1S/C23H30N2O2/c1-18(17-27-22-13-7-11-20-10-3-4-12-21(20)22)23(26)24-14-8-16-25-15-6-5-9-19(25)2/h3-4,7,10-13,19H,1,5-6,8-9,14-17H2,2H3,(H,24,26). The maximum atomic E-state index is 12.2. The first-order valence-corrected chi connectivity index (χ1v) is 9.96. The van der Waals surface area contributed by atoms with E-state index in [1.807, 2.05) is 42.5 Å². The molecule has 1 atom stereocenters. The molecule has 1 aliphatic rings. The Hall–Kier alpha value is -2.33. The van der Waals surface area contributed by atoms with Crippen LogP contribution < -0.4 is 10.1 Å². The molecule has 3 rings (SSSR count). The second kappa shape index (κ2) is 9.56. The van der Waals surface area contributed by atoms with Gasteiger partial charge in [-0.1, -0.05) is 49.4 Å². The number of likely N-dealkylation sites (tertiary alicyclic amines) is 1. The number of hydrogen-bond donors (Lipinski definition) is 1. The van der Waals surface area contributed by atoms with Crippen LogP contribution in [0.5, 0.6) is 5.75 Å². The molecule has 2 aromatic rings. The highest BCUT2D eigenvalue weighted by atomic mass is 16.5. The van der Waals surface area contributed by atoms with Crippen molar-refractivity contribution in [1.29, 1.82) is 0 Å². The topological polar surface area (TPSA) is 41.6 Å². The van der Waals surface area contributed by atoms with Gasteiger partial charge in [0.2, 0.25) is 5.91 Å². The summed E-state index contributed by atoms with van der Waals surface area (Å²) in [5, 5.41) is 5.13. The Morgan fingerprint density at radius 3 is 2.89 bits per heavy atom. The highest BCUT2D eigenvalue weighted by molar-refractivity contribution is 5.93. The van der Waals surface area contributed by atoms with E-state index in [1.165, 1.54) is 25.8 Å². The largest absolute Gasteiger partial charge is 0.488 e. The molecule has 0 saturated carbocycles. The number of rotatable bonds is 8. The SMILES string of the molecule is C=C(COc1cccc2ccccc12)C(=O)NCCCN1CCCCC1C. The first kappa shape index (κ1) is 19.4. The van der Waals surface area contributed by atoms with Crippen molar-refractivity contribution in [3.8, 4) is 5.75 Å². The van der Waals surface area contributed by atoms with Crippen LogP contribution in [0.25, 0.3) is 10.8 Å². The van der Waals surface area contributed by atoms with Crippen LogP contribution in [-0.4, -0.2) is 43.1 Å². The minimum atomic E-state index is -0.123. The third kappa shape index (κ3) is 5.33. The minimum absolute atomic E-state index is 0.123. The van der Waals surface area contributed by atoms with E-state index >= 15 is 0 Å². The summed E-state index contributed by atoms with van der Waals surface area (Å²) in [4.78, 5) is 14.8. The number of fused-ring (bicyclic) bond motifs is 1. The lowest BCUT2D eigenvalue weighted by molar-refractivity contribution is -0.117. The van der Waals surface area contributed by atoms with E-state index in [2.05, 4.69) is 23.7 Å². The zero-order valence-electron chi connectivity index (χ0n) is 16.2. The molecule has 1 fully saturated rings. The van der Waals surface area contributed by atoms with Gasteiger partial charge in [-0.25, -0.2) is 0 Å². The van der Waals surface area contributed by atoms with Crippen molar-refractivity contribution >= 4 is 16.7 Å². The minimum Gasteiger partial charge on any atom is -0.488 e. The second-order valence-electron chi connectivity index (χ2n) is 7.36. The fraction of sp³-hybridized carbons (Fsp3) is 0.435. The van der Waals surface area contributed by atoms with Crippen LogP contribution in [0.3, 0.4) is 0 Å². The molecule has 1 saturated heterocycles. The fourth-order valence-corrected chi connectivity index (χ4v) is 3.65. The lowest BCUT2D eigenvalue weighted by Crippen LogP contribution is -2.39. The molecule has 0 bridgehead atoms. The zero-order chi connectivity index (χ0) is 19.1. The summed E-state index contributed by atoms with van der Waals surface area (Å²) in [6, 6.07) is 14.7. The number of amides is 1. The third-order valence-corrected chi connectivity index (χ3v) is 5.32. The summed E-state index contributed by atoms with van der Waals surface area (Å²) in [7, 11) is 0. The number of hydrogen-bond acceptors (Lipinski definition) is 3. The average molecular weight is 367 g/mol. The van der Waals surface area contributed by atoms with Gasteiger partial charge in [0.1, 0.15) is 12.4 Å². The van der Waals surface area contributed by atoms with E-state index in [0.717, 1.165) is 29.5 Å². The number of carbonyl (C=O) groups excluding carboxylic acids is 1. The van der Waals surface area contributed by atoms with Crippen LogP contribution in [-0.2, 0) is 4.79 Å². The van der Waals surface area contributed by atoms with Gasteiger partial charge in [0.15, 0.2) is 0 Å². The summed E-state index contributed by atoms with van der Waals surface area (Å²) in [6.07, 6.45) is 4.88. The molecule has 4 heteroatoms. The maximum absolute atomic E-state index is 12.2. The van der Waals surface area contributed by atoms with E-state index in [-0.39, 0.29) is 12.5 Å². The molecule has 1 N–H and O–H groups in total. The monoisotopic (exact) mass is 366 g/mol. The summed E-state index contributed by atoms with van der Waals surface area (Å²) in [5.41, 5.74) is 0.453. The number of carbonyl (C=O) groups is 1. The van der Waals surface area contributed by atoms with E-state index in [0.29, 0.717) is 18.2 Å². The molecule has 0 radical (unpaired) electrons. The molecule has 4 nitrogen and oxygen atoms in total. The van der Waals surface area contributed by atoms with Crippen LogP contribution in [0.4, 0.5) is 0 Å². The lowest BCUT2D eigenvalue weighted by atomic mass is 10.0. The molecule has 1 amide bonds. The van der Waals surface area contributed by atoms with Gasteiger partial charge in [0.05, 0.1) is 0 Å². The molecular formula is C23H30N2O2. The smallest absolute Gasteiger partial charge is 0.250 e. The normalized spacial score (nSPS) is 17.6. The number of piperidine rings is 1. The van der Waals surface area contributed by atoms with Gasteiger partial charge in [-0.3, -0.25) is 4.79 Å². The third-order valence-electron chi connectivity index (χ3n) is 5.32. The number of benzene rings is 2. The van der Waals surface area contributed by atoms with Crippen molar-refractivity contribution in [2.24, 2.45) is 0 Å². The molecule has 144 valence electrons. The average Bonchev–Trinajstić information content (AvgIpc) is 2.70. The summed E-state index contributed by atoms with van der Waals surface area (Å²) in [5.74, 6) is 0.656. The van der Waals surface area contributed by atoms with Crippen molar-refractivity contribution in [2.75, 3.05) is 26.2 Å². The van der Waals surface area contributed by atoms with Gasteiger partial charge in [0, 0.05) is 30.1 Å². The molecule has 1 heterocycles. The summed E-state index contributed by atoms with van der Waals surface area (Å²) >= 11 is 0. The maximum Gasteiger partial charge on any atom is 0.250 e. The Morgan fingerprint density at radius 2 is 2.04 bits per heavy atom. The molecular weight excluding hydrogens is 336 g/mol. The van der Waals surface area contributed by atoms with E-state index in [4.69, 9.17) is 4.74 Å². The van der Waals surface area contributed by atoms with E-state index in [9.17, 15) is 4.79 Å². The zero-order valence-corrected chi connectivity index (χ0v) is 16.2. The molecule has 2 aromatic carbocycles. The molecule has 1 unspecified atom stereocenters. The van der Waals surface area contributed by atoms with Gasteiger partial charge >= 0.3 is 0 Å².